The van der Waals surface area contributed by atoms with Gasteiger partial charge >= 0.3 is 0 Å². The highest BCUT2D eigenvalue weighted by atomic mass is 35.5. The maximum absolute atomic E-state index is 14.1. The molecule has 0 atom stereocenters. The molecule has 0 aliphatic heterocycles. The fourth-order valence-electron chi connectivity index (χ4n) is 1.90. The number of nitriles is 1. The van der Waals surface area contributed by atoms with E-state index in [9.17, 15) is 14.5 Å². The largest absolute Gasteiger partial charge is 0.495 e. The molecule has 106 valence electrons. The molecule has 0 heterocycles. The van der Waals surface area contributed by atoms with Crippen LogP contribution in [0.25, 0.3) is 11.1 Å². The number of halogens is 2. The smallest absolute Gasteiger partial charge is 0.273 e. The van der Waals surface area contributed by atoms with Crippen LogP contribution in [0.3, 0.4) is 0 Å². The molecule has 7 heteroatoms. The number of benzene rings is 2. The minimum Gasteiger partial charge on any atom is -0.495 e. The van der Waals surface area contributed by atoms with Crippen LogP contribution in [0, 0.1) is 27.3 Å². The molecular formula is C14H8ClFN2O3. The van der Waals surface area contributed by atoms with Gasteiger partial charge in [0, 0.05) is 11.6 Å². The van der Waals surface area contributed by atoms with E-state index in [1.165, 1.54) is 25.3 Å². The van der Waals surface area contributed by atoms with Gasteiger partial charge in [-0.1, -0.05) is 17.7 Å². The number of ether oxygens (including phenoxy) is 1. The topological polar surface area (TPSA) is 76.2 Å². The predicted octanol–water partition coefficient (Wildman–Crippen LogP) is 3.93. The summed E-state index contributed by atoms with van der Waals surface area (Å²) in [5, 5.41) is 20.0. The maximum Gasteiger partial charge on any atom is 0.273 e. The van der Waals surface area contributed by atoms with Crippen LogP contribution < -0.4 is 4.74 Å². The van der Waals surface area contributed by atoms with Gasteiger partial charge in [-0.15, -0.1) is 0 Å². The van der Waals surface area contributed by atoms with E-state index in [1.807, 2.05) is 0 Å². The normalized spacial score (nSPS) is 10.0. The minimum atomic E-state index is -0.859. The van der Waals surface area contributed by atoms with E-state index in [2.05, 4.69) is 0 Å². The number of non-ortho nitro benzene ring substituents is 1. The Morgan fingerprint density at radius 2 is 2.10 bits per heavy atom. The molecule has 0 aromatic heterocycles. The van der Waals surface area contributed by atoms with Crippen molar-refractivity contribution in [2.45, 2.75) is 0 Å². The van der Waals surface area contributed by atoms with Gasteiger partial charge in [0.05, 0.1) is 28.7 Å². The van der Waals surface area contributed by atoms with Crippen LogP contribution in [-0.2, 0) is 0 Å². The van der Waals surface area contributed by atoms with E-state index < -0.39 is 16.4 Å². The maximum atomic E-state index is 14.1. The van der Waals surface area contributed by atoms with E-state index >= 15 is 0 Å². The summed E-state index contributed by atoms with van der Waals surface area (Å²) in [7, 11) is 1.44. The Morgan fingerprint density at radius 3 is 2.62 bits per heavy atom. The minimum absolute atomic E-state index is 0.0346. The van der Waals surface area contributed by atoms with Crippen molar-refractivity contribution in [1.82, 2.24) is 0 Å². The summed E-state index contributed by atoms with van der Waals surface area (Å²) in [5.74, 6) is -0.455. The number of methoxy groups -OCH3 is 1. The Hall–Kier alpha value is -2.65. The number of nitro benzene ring substituents is 1. The molecular weight excluding hydrogens is 299 g/mol. The van der Waals surface area contributed by atoms with E-state index in [0.717, 1.165) is 12.1 Å². The van der Waals surface area contributed by atoms with Gasteiger partial charge in [0.25, 0.3) is 5.69 Å². The van der Waals surface area contributed by atoms with Gasteiger partial charge in [-0.05, 0) is 17.7 Å². The molecule has 0 saturated carbocycles. The molecule has 0 unspecified atom stereocenters. The molecule has 21 heavy (non-hydrogen) atoms. The molecule has 0 saturated heterocycles. The third-order valence-electron chi connectivity index (χ3n) is 2.85. The lowest BCUT2D eigenvalue weighted by Gasteiger charge is -2.09. The second kappa shape index (κ2) is 5.77. The van der Waals surface area contributed by atoms with Crippen LogP contribution >= 0.6 is 11.6 Å². The first kappa shape index (κ1) is 14.8. The van der Waals surface area contributed by atoms with Gasteiger partial charge in [0.2, 0.25) is 0 Å². The quantitative estimate of drug-likeness (QED) is 0.636. The second-order valence-electron chi connectivity index (χ2n) is 4.07. The Kier molecular flexibility index (Phi) is 4.05. The van der Waals surface area contributed by atoms with Crippen molar-refractivity contribution >= 4 is 17.3 Å². The average Bonchev–Trinajstić information content (AvgIpc) is 2.46. The van der Waals surface area contributed by atoms with Crippen molar-refractivity contribution in [3.8, 4) is 22.9 Å². The average molecular weight is 307 g/mol. The molecule has 0 aliphatic carbocycles. The SMILES string of the molecule is COc1ccc(-c2c(F)cc([N+](=O)[O-])cc2C#N)cc1Cl. The number of nitro groups is 1. The molecule has 2 aromatic carbocycles. The lowest BCUT2D eigenvalue weighted by molar-refractivity contribution is -0.385. The Balaban J connectivity index is 2.66. The van der Waals surface area contributed by atoms with Crippen molar-refractivity contribution in [2.75, 3.05) is 7.11 Å². The van der Waals surface area contributed by atoms with Crippen molar-refractivity contribution in [2.24, 2.45) is 0 Å². The van der Waals surface area contributed by atoms with Crippen molar-refractivity contribution < 1.29 is 14.1 Å². The highest BCUT2D eigenvalue weighted by molar-refractivity contribution is 6.32. The van der Waals surface area contributed by atoms with Crippen LogP contribution in [0.5, 0.6) is 5.75 Å². The van der Waals surface area contributed by atoms with Crippen molar-refractivity contribution in [3.63, 3.8) is 0 Å². The van der Waals surface area contributed by atoms with Gasteiger partial charge in [-0.25, -0.2) is 4.39 Å². The standard InChI is InChI=1S/C14H8ClFN2O3/c1-21-13-3-2-8(5-11(13)15)14-9(7-17)4-10(18(19)20)6-12(14)16/h2-6H,1H3. The zero-order valence-electron chi connectivity index (χ0n) is 10.8. The van der Waals surface area contributed by atoms with Gasteiger partial charge in [0.15, 0.2) is 0 Å². The van der Waals surface area contributed by atoms with Gasteiger partial charge in [-0.2, -0.15) is 5.26 Å². The van der Waals surface area contributed by atoms with Crippen LogP contribution in [0.15, 0.2) is 30.3 Å². The first-order valence-corrected chi connectivity index (χ1v) is 6.07. The summed E-state index contributed by atoms with van der Waals surface area (Å²) in [6, 6.07) is 8.04. The molecule has 0 fully saturated rings. The van der Waals surface area contributed by atoms with Gasteiger partial charge in [0.1, 0.15) is 17.6 Å². The summed E-state index contributed by atoms with van der Waals surface area (Å²) in [5.41, 5.74) is -0.312. The third-order valence-corrected chi connectivity index (χ3v) is 3.14. The zero-order chi connectivity index (χ0) is 15.6. The number of nitrogens with zero attached hydrogens (tertiary/aromatic N) is 2. The van der Waals surface area contributed by atoms with E-state index in [0.29, 0.717) is 11.3 Å². The van der Waals surface area contributed by atoms with Crippen LogP contribution in [0.1, 0.15) is 5.56 Å². The fourth-order valence-corrected chi connectivity index (χ4v) is 2.16. The molecule has 0 spiro atoms. The number of rotatable bonds is 3. The van der Waals surface area contributed by atoms with Crippen molar-refractivity contribution in [1.29, 1.82) is 5.26 Å². The lowest BCUT2D eigenvalue weighted by atomic mass is 9.99. The van der Waals surface area contributed by atoms with Crippen LogP contribution in [-0.4, -0.2) is 12.0 Å². The summed E-state index contributed by atoms with van der Waals surface area (Å²) < 4.78 is 19.1. The number of hydrogen-bond acceptors (Lipinski definition) is 4. The second-order valence-corrected chi connectivity index (χ2v) is 4.48. The summed E-state index contributed by atoms with van der Waals surface area (Å²) in [6.45, 7) is 0. The monoisotopic (exact) mass is 306 g/mol. The Bertz CT molecular complexity index is 772. The molecule has 0 bridgehead atoms. The summed E-state index contributed by atoms with van der Waals surface area (Å²) in [4.78, 5) is 9.94. The summed E-state index contributed by atoms with van der Waals surface area (Å²) in [6.07, 6.45) is 0. The number of hydrogen-bond donors (Lipinski definition) is 0. The molecule has 2 rings (SSSR count). The predicted molar refractivity (Wildman–Crippen MR) is 74.8 cm³/mol. The highest BCUT2D eigenvalue weighted by Gasteiger charge is 2.18. The zero-order valence-corrected chi connectivity index (χ0v) is 11.5. The first-order chi connectivity index (χ1) is 9.97. The highest BCUT2D eigenvalue weighted by Crippen LogP contribution is 2.34. The summed E-state index contributed by atoms with van der Waals surface area (Å²) >= 11 is 5.97. The molecule has 5 nitrogen and oxygen atoms in total. The first-order valence-electron chi connectivity index (χ1n) is 5.70. The molecule has 0 radical (unpaired) electrons. The fraction of sp³-hybridized carbons (Fsp3) is 0.0714. The van der Waals surface area contributed by atoms with Crippen molar-refractivity contribution in [3.05, 3.63) is 56.8 Å². The van der Waals surface area contributed by atoms with E-state index in [-0.39, 0.29) is 16.1 Å². The van der Waals surface area contributed by atoms with E-state index in [1.54, 1.807) is 6.07 Å². The van der Waals surface area contributed by atoms with Gasteiger partial charge < -0.3 is 4.74 Å². The Morgan fingerprint density at radius 1 is 1.38 bits per heavy atom. The molecule has 2 aromatic rings. The lowest BCUT2D eigenvalue weighted by Crippen LogP contribution is -1.96. The van der Waals surface area contributed by atoms with Crippen LogP contribution in [0.4, 0.5) is 10.1 Å². The van der Waals surface area contributed by atoms with E-state index in [4.69, 9.17) is 21.6 Å². The third kappa shape index (κ3) is 2.78. The van der Waals surface area contributed by atoms with Crippen LogP contribution in [0.2, 0.25) is 5.02 Å². The molecule has 0 amide bonds. The molecule has 0 N–H and O–H groups in total. The molecule has 0 aliphatic rings. The Labute approximate surface area is 124 Å². The van der Waals surface area contributed by atoms with Gasteiger partial charge in [-0.3, -0.25) is 10.1 Å².